The number of nitrogens with zero attached hydrogens (tertiary/aromatic N) is 1. The first-order valence-corrected chi connectivity index (χ1v) is 9.88. The molecule has 0 aliphatic carbocycles. The highest BCUT2D eigenvalue weighted by Gasteiger charge is 2.31. The molecule has 1 saturated heterocycles. The molecule has 2 aliphatic heterocycles. The molecule has 2 N–H and O–H groups in total. The van der Waals surface area contributed by atoms with Gasteiger partial charge in [-0.25, -0.2) is 0 Å². The lowest BCUT2D eigenvalue weighted by Gasteiger charge is -2.29. The van der Waals surface area contributed by atoms with Crippen molar-refractivity contribution >= 4 is 11.6 Å². The summed E-state index contributed by atoms with van der Waals surface area (Å²) in [5, 5.41) is 6.13. The number of rotatable bonds is 3. The number of nitrogens with one attached hydrogen (secondary N) is 2. The Morgan fingerprint density at radius 1 is 1.14 bits per heavy atom. The van der Waals surface area contributed by atoms with E-state index in [0.29, 0.717) is 6.54 Å². The van der Waals surface area contributed by atoms with Gasteiger partial charge >= 0.3 is 6.18 Å². The summed E-state index contributed by atoms with van der Waals surface area (Å²) in [5.41, 5.74) is 4.64. The van der Waals surface area contributed by atoms with Crippen molar-refractivity contribution < 1.29 is 18.0 Å². The monoisotopic (exact) mass is 403 g/mol. The van der Waals surface area contributed by atoms with Crippen molar-refractivity contribution in [2.24, 2.45) is 5.92 Å². The predicted molar refractivity (Wildman–Crippen MR) is 107 cm³/mol. The highest BCUT2D eigenvalue weighted by Crippen LogP contribution is 2.38. The Hall–Kier alpha value is -2.54. The number of amides is 1. The minimum Gasteiger partial charge on any atom is -0.370 e. The number of hydrogen-bond acceptors (Lipinski definition) is 3. The number of benzene rings is 2. The largest absolute Gasteiger partial charge is 0.416 e. The third kappa shape index (κ3) is 3.83. The second kappa shape index (κ2) is 7.71. The van der Waals surface area contributed by atoms with Gasteiger partial charge in [0.15, 0.2) is 0 Å². The van der Waals surface area contributed by atoms with Crippen LogP contribution in [0.15, 0.2) is 36.4 Å². The summed E-state index contributed by atoms with van der Waals surface area (Å²) in [6, 6.07) is 9.45. The summed E-state index contributed by atoms with van der Waals surface area (Å²) < 4.78 is 38.7. The number of alkyl halides is 3. The van der Waals surface area contributed by atoms with Crippen molar-refractivity contribution in [3.05, 3.63) is 53.1 Å². The van der Waals surface area contributed by atoms with E-state index in [1.807, 2.05) is 12.1 Å². The van der Waals surface area contributed by atoms with Crippen LogP contribution in [0.2, 0.25) is 0 Å². The topological polar surface area (TPSA) is 44.4 Å². The molecule has 0 unspecified atom stereocenters. The van der Waals surface area contributed by atoms with Gasteiger partial charge in [0, 0.05) is 32.4 Å². The molecule has 2 aromatic carbocycles. The maximum Gasteiger partial charge on any atom is 0.416 e. The van der Waals surface area contributed by atoms with Crippen molar-refractivity contribution in [1.29, 1.82) is 0 Å². The molecule has 29 heavy (non-hydrogen) atoms. The summed E-state index contributed by atoms with van der Waals surface area (Å²) in [5.74, 6) is 0.0580. The van der Waals surface area contributed by atoms with Crippen LogP contribution in [0.3, 0.4) is 0 Å². The molecule has 0 bridgehead atoms. The lowest BCUT2D eigenvalue weighted by atomic mass is 9.89. The normalized spacial score (nSPS) is 19.2. The average Bonchev–Trinajstić information content (AvgIpc) is 3.22. The second-order valence-electron chi connectivity index (χ2n) is 7.64. The van der Waals surface area contributed by atoms with Gasteiger partial charge in [0.05, 0.1) is 11.5 Å². The molecule has 0 aromatic heterocycles. The van der Waals surface area contributed by atoms with Crippen LogP contribution in [0, 0.1) is 5.92 Å². The van der Waals surface area contributed by atoms with Crippen molar-refractivity contribution in [3.63, 3.8) is 0 Å². The highest BCUT2D eigenvalue weighted by molar-refractivity contribution is 5.80. The van der Waals surface area contributed by atoms with Crippen LogP contribution in [0.25, 0.3) is 11.1 Å². The SMILES string of the molecule is CNC(=O)[C@@H]1CCN(c2ccc(-c3ccc(C(F)(F)F)cc3)c3c2CNCC3)C1. The van der Waals surface area contributed by atoms with Crippen molar-refractivity contribution in [2.45, 2.75) is 25.6 Å². The minimum atomic E-state index is -4.33. The zero-order chi connectivity index (χ0) is 20.6. The molecular formula is C22H24F3N3O. The van der Waals surface area contributed by atoms with E-state index in [2.05, 4.69) is 15.5 Å². The fraction of sp³-hybridized carbons (Fsp3) is 0.409. The van der Waals surface area contributed by atoms with Crippen molar-refractivity contribution in [3.8, 4) is 11.1 Å². The lowest BCUT2D eigenvalue weighted by Crippen LogP contribution is -2.31. The molecule has 4 rings (SSSR count). The Balaban J connectivity index is 1.67. The van der Waals surface area contributed by atoms with Crippen LogP contribution in [0.5, 0.6) is 0 Å². The number of fused-ring (bicyclic) bond motifs is 1. The first-order chi connectivity index (χ1) is 13.9. The Bertz CT molecular complexity index is 909. The fourth-order valence-corrected chi connectivity index (χ4v) is 4.39. The van der Waals surface area contributed by atoms with E-state index in [9.17, 15) is 18.0 Å². The van der Waals surface area contributed by atoms with E-state index in [1.54, 1.807) is 19.2 Å². The van der Waals surface area contributed by atoms with Gasteiger partial charge in [0.1, 0.15) is 0 Å². The van der Waals surface area contributed by atoms with Gasteiger partial charge in [-0.15, -0.1) is 0 Å². The van der Waals surface area contributed by atoms with Crippen LogP contribution in [0.1, 0.15) is 23.1 Å². The molecular weight excluding hydrogens is 379 g/mol. The molecule has 0 saturated carbocycles. The standard InChI is InChI=1S/C22H24F3N3O/c1-26-21(29)15-9-11-28(13-15)20-7-6-17(18-8-10-27-12-19(18)20)14-2-4-16(5-3-14)22(23,24)25/h2-7,15,27H,8-13H2,1H3,(H,26,29)/t15-/m1/s1. The number of halogens is 3. The summed E-state index contributed by atoms with van der Waals surface area (Å²) in [4.78, 5) is 14.2. The Morgan fingerprint density at radius 3 is 2.59 bits per heavy atom. The number of hydrogen-bond donors (Lipinski definition) is 2. The summed E-state index contributed by atoms with van der Waals surface area (Å²) in [6.45, 7) is 3.07. The van der Waals surface area contributed by atoms with E-state index in [-0.39, 0.29) is 11.8 Å². The van der Waals surface area contributed by atoms with Crippen LogP contribution >= 0.6 is 0 Å². The first kappa shape index (κ1) is 19.8. The van der Waals surface area contributed by atoms with Gasteiger partial charge in [0.2, 0.25) is 5.91 Å². The molecule has 2 aliphatic rings. The van der Waals surface area contributed by atoms with Gasteiger partial charge in [-0.05, 0) is 59.8 Å². The molecule has 1 amide bonds. The average molecular weight is 403 g/mol. The number of carbonyl (C=O) groups is 1. The molecule has 4 nitrogen and oxygen atoms in total. The molecule has 1 atom stereocenters. The van der Waals surface area contributed by atoms with E-state index in [4.69, 9.17) is 0 Å². The summed E-state index contributed by atoms with van der Waals surface area (Å²) >= 11 is 0. The predicted octanol–water partition coefficient (Wildman–Crippen LogP) is 3.59. The van der Waals surface area contributed by atoms with E-state index < -0.39 is 11.7 Å². The maximum absolute atomic E-state index is 12.9. The third-order valence-corrected chi connectivity index (χ3v) is 5.93. The van der Waals surface area contributed by atoms with Crippen molar-refractivity contribution in [2.75, 3.05) is 31.6 Å². The van der Waals surface area contributed by atoms with Crippen LogP contribution in [0.4, 0.5) is 18.9 Å². The Morgan fingerprint density at radius 2 is 1.90 bits per heavy atom. The smallest absolute Gasteiger partial charge is 0.370 e. The number of carbonyl (C=O) groups excluding carboxylic acids is 1. The van der Waals surface area contributed by atoms with E-state index in [0.717, 1.165) is 61.4 Å². The van der Waals surface area contributed by atoms with Gasteiger partial charge in [-0.1, -0.05) is 18.2 Å². The maximum atomic E-state index is 12.9. The van der Waals surface area contributed by atoms with Gasteiger partial charge < -0.3 is 15.5 Å². The van der Waals surface area contributed by atoms with E-state index >= 15 is 0 Å². The zero-order valence-electron chi connectivity index (χ0n) is 16.3. The summed E-state index contributed by atoms with van der Waals surface area (Å²) in [6.07, 6.45) is -2.68. The van der Waals surface area contributed by atoms with Gasteiger partial charge in [-0.3, -0.25) is 4.79 Å². The van der Waals surface area contributed by atoms with Gasteiger partial charge in [0.25, 0.3) is 0 Å². The fourth-order valence-electron chi connectivity index (χ4n) is 4.39. The first-order valence-electron chi connectivity index (χ1n) is 9.88. The Labute approximate surface area is 168 Å². The Kier molecular flexibility index (Phi) is 5.25. The molecule has 0 radical (unpaired) electrons. The van der Waals surface area contributed by atoms with Crippen LogP contribution < -0.4 is 15.5 Å². The quantitative estimate of drug-likeness (QED) is 0.823. The zero-order valence-corrected chi connectivity index (χ0v) is 16.3. The third-order valence-electron chi connectivity index (χ3n) is 5.93. The minimum absolute atomic E-state index is 0.0122. The highest BCUT2D eigenvalue weighted by atomic mass is 19.4. The lowest BCUT2D eigenvalue weighted by molar-refractivity contribution is -0.137. The van der Waals surface area contributed by atoms with E-state index in [1.165, 1.54) is 11.1 Å². The molecule has 2 aromatic rings. The second-order valence-corrected chi connectivity index (χ2v) is 7.64. The van der Waals surface area contributed by atoms with Crippen LogP contribution in [-0.2, 0) is 23.9 Å². The summed E-state index contributed by atoms with van der Waals surface area (Å²) in [7, 11) is 1.66. The van der Waals surface area contributed by atoms with Crippen LogP contribution in [-0.4, -0.2) is 32.6 Å². The molecule has 2 heterocycles. The molecule has 1 fully saturated rings. The van der Waals surface area contributed by atoms with Crippen molar-refractivity contribution in [1.82, 2.24) is 10.6 Å². The van der Waals surface area contributed by atoms with Gasteiger partial charge in [-0.2, -0.15) is 13.2 Å². The molecule has 7 heteroatoms. The molecule has 0 spiro atoms. The number of anilines is 1. The molecule has 154 valence electrons.